The number of hydrogen-bond acceptors (Lipinski definition) is 5. The van der Waals surface area contributed by atoms with Gasteiger partial charge in [-0.3, -0.25) is 0 Å². The molecule has 1 unspecified atom stereocenters. The molecule has 6 nitrogen and oxygen atoms in total. The van der Waals surface area contributed by atoms with E-state index in [1.807, 2.05) is 12.1 Å². The van der Waals surface area contributed by atoms with Crippen molar-refractivity contribution in [3.8, 4) is 0 Å². The zero-order chi connectivity index (χ0) is 13.9. The van der Waals surface area contributed by atoms with Gasteiger partial charge in [0.1, 0.15) is 0 Å². The molecule has 0 amide bonds. The maximum absolute atomic E-state index is 4.54. The van der Waals surface area contributed by atoms with Crippen LogP contribution >= 0.6 is 0 Å². The van der Waals surface area contributed by atoms with E-state index in [0.717, 1.165) is 18.3 Å². The molecule has 2 aromatic rings. The van der Waals surface area contributed by atoms with Gasteiger partial charge in [-0.25, -0.2) is 0 Å². The van der Waals surface area contributed by atoms with Gasteiger partial charge >= 0.3 is 0 Å². The van der Waals surface area contributed by atoms with Gasteiger partial charge < -0.3 is 4.90 Å². The molecule has 108 valence electrons. The van der Waals surface area contributed by atoms with Crippen LogP contribution in [0.4, 0.5) is 5.82 Å². The molecule has 2 aromatic heterocycles. The molecule has 0 aliphatic carbocycles. The summed E-state index contributed by atoms with van der Waals surface area (Å²) in [6.07, 6.45) is 6.35. The van der Waals surface area contributed by atoms with E-state index in [1.54, 1.807) is 0 Å². The molecule has 0 spiro atoms. The van der Waals surface area contributed by atoms with Gasteiger partial charge in [-0.15, -0.1) is 14.8 Å². The van der Waals surface area contributed by atoms with Crippen molar-refractivity contribution in [2.75, 3.05) is 11.4 Å². The van der Waals surface area contributed by atoms with Gasteiger partial charge in [-0.05, 0) is 60.6 Å². The zero-order valence-electron chi connectivity index (χ0n) is 12.2. The molecule has 1 fully saturated rings. The normalized spacial score (nSPS) is 19.9. The van der Waals surface area contributed by atoms with Crippen LogP contribution in [0.5, 0.6) is 0 Å². The van der Waals surface area contributed by atoms with E-state index in [4.69, 9.17) is 0 Å². The summed E-state index contributed by atoms with van der Waals surface area (Å²) >= 11 is 0. The number of rotatable bonds is 4. The molecule has 1 atom stereocenters. The second-order valence-corrected chi connectivity index (χ2v) is 6.03. The number of nitrogens with zero attached hydrogens (tertiary/aromatic N) is 6. The Labute approximate surface area is 119 Å². The predicted molar refractivity (Wildman–Crippen MR) is 77.6 cm³/mol. The number of piperidine rings is 1. The van der Waals surface area contributed by atoms with Crippen LogP contribution in [0.15, 0.2) is 12.1 Å². The molecule has 0 aromatic carbocycles. The maximum Gasteiger partial charge on any atom is 0.200 e. The summed E-state index contributed by atoms with van der Waals surface area (Å²) in [5, 5.41) is 16.0. The summed E-state index contributed by atoms with van der Waals surface area (Å²) in [7, 11) is 0. The number of tetrazole rings is 1. The van der Waals surface area contributed by atoms with Gasteiger partial charge in [0.15, 0.2) is 11.5 Å². The predicted octanol–water partition coefficient (Wildman–Crippen LogP) is 2.31. The van der Waals surface area contributed by atoms with Crippen LogP contribution in [-0.2, 0) is 0 Å². The zero-order valence-corrected chi connectivity index (χ0v) is 12.2. The minimum Gasteiger partial charge on any atom is -0.352 e. The highest BCUT2D eigenvalue weighted by Crippen LogP contribution is 2.26. The molecule has 1 aliphatic heterocycles. The van der Waals surface area contributed by atoms with Crippen molar-refractivity contribution < 1.29 is 0 Å². The molecule has 0 bridgehead atoms. The van der Waals surface area contributed by atoms with Crippen LogP contribution in [0.3, 0.4) is 0 Å². The van der Waals surface area contributed by atoms with Crippen molar-refractivity contribution in [1.82, 2.24) is 25.3 Å². The Balaban J connectivity index is 1.80. The first-order valence-corrected chi connectivity index (χ1v) is 7.56. The fraction of sp³-hybridized carbons (Fsp3) is 0.714. The van der Waals surface area contributed by atoms with E-state index in [-0.39, 0.29) is 0 Å². The molecule has 3 heterocycles. The van der Waals surface area contributed by atoms with E-state index in [1.165, 1.54) is 36.7 Å². The minimum atomic E-state index is 0.604. The second kappa shape index (κ2) is 5.73. The molecule has 0 radical (unpaired) electrons. The Morgan fingerprint density at radius 3 is 3.05 bits per heavy atom. The number of fused-ring (bicyclic) bond motifs is 1. The van der Waals surface area contributed by atoms with Crippen molar-refractivity contribution in [2.45, 2.75) is 52.0 Å². The number of hydrogen-bond donors (Lipinski definition) is 0. The molecule has 20 heavy (non-hydrogen) atoms. The highest BCUT2D eigenvalue weighted by atomic mass is 15.6. The molecular formula is C14H22N6. The Hall–Kier alpha value is -1.72. The first-order valence-electron chi connectivity index (χ1n) is 7.56. The number of aromatic nitrogens is 5. The monoisotopic (exact) mass is 274 g/mol. The lowest BCUT2D eigenvalue weighted by Crippen LogP contribution is -2.40. The van der Waals surface area contributed by atoms with Gasteiger partial charge in [-0.1, -0.05) is 13.8 Å². The summed E-state index contributed by atoms with van der Waals surface area (Å²) in [4.78, 5) is 2.44. The van der Waals surface area contributed by atoms with Crippen molar-refractivity contribution in [3.05, 3.63) is 12.1 Å². The third kappa shape index (κ3) is 2.73. The molecule has 0 saturated carbocycles. The lowest BCUT2D eigenvalue weighted by molar-refractivity contribution is 0.400. The largest absolute Gasteiger partial charge is 0.352 e. The minimum absolute atomic E-state index is 0.604. The molecular weight excluding hydrogens is 252 g/mol. The average molecular weight is 274 g/mol. The standard InChI is InChI=1S/C14H22N6/c1-11(2)6-7-12-5-3-4-10-19(12)14-9-8-13-15-17-18-20(13)16-14/h8-9,11-12H,3-7,10H2,1-2H3. The van der Waals surface area contributed by atoms with Crippen molar-refractivity contribution in [3.63, 3.8) is 0 Å². The lowest BCUT2D eigenvalue weighted by Gasteiger charge is -2.36. The highest BCUT2D eigenvalue weighted by Gasteiger charge is 2.24. The van der Waals surface area contributed by atoms with E-state index < -0.39 is 0 Å². The Bertz CT molecular complexity index is 564. The Morgan fingerprint density at radius 1 is 1.30 bits per heavy atom. The summed E-state index contributed by atoms with van der Waals surface area (Å²) in [5.74, 6) is 1.76. The maximum atomic E-state index is 4.54. The summed E-state index contributed by atoms with van der Waals surface area (Å²) < 4.78 is 1.52. The van der Waals surface area contributed by atoms with E-state index in [0.29, 0.717) is 11.7 Å². The Kier molecular flexibility index (Phi) is 3.80. The van der Waals surface area contributed by atoms with Crippen LogP contribution in [-0.4, -0.2) is 37.8 Å². The van der Waals surface area contributed by atoms with Gasteiger partial charge in [0, 0.05) is 12.6 Å². The second-order valence-electron chi connectivity index (χ2n) is 6.03. The molecule has 6 heteroatoms. The SMILES string of the molecule is CC(C)CCC1CCCCN1c1ccc2nnnn2n1. The molecule has 0 N–H and O–H groups in total. The Morgan fingerprint density at radius 2 is 2.20 bits per heavy atom. The third-order valence-electron chi connectivity index (χ3n) is 4.05. The van der Waals surface area contributed by atoms with E-state index in [2.05, 4.69) is 39.4 Å². The fourth-order valence-electron chi connectivity index (χ4n) is 2.92. The molecule has 1 aliphatic rings. The molecule has 1 saturated heterocycles. The summed E-state index contributed by atoms with van der Waals surface area (Å²) in [6, 6.07) is 4.59. The number of anilines is 1. The summed E-state index contributed by atoms with van der Waals surface area (Å²) in [6.45, 7) is 5.67. The van der Waals surface area contributed by atoms with Crippen LogP contribution in [0.2, 0.25) is 0 Å². The first kappa shape index (κ1) is 13.3. The molecule has 3 rings (SSSR count). The highest BCUT2D eigenvalue weighted by molar-refractivity contribution is 5.45. The lowest BCUT2D eigenvalue weighted by atomic mass is 9.95. The fourth-order valence-corrected chi connectivity index (χ4v) is 2.92. The van der Waals surface area contributed by atoms with Crippen molar-refractivity contribution >= 4 is 11.5 Å². The average Bonchev–Trinajstić information content (AvgIpc) is 2.92. The van der Waals surface area contributed by atoms with Gasteiger partial charge in [0.05, 0.1) is 0 Å². The third-order valence-corrected chi connectivity index (χ3v) is 4.05. The first-order chi connectivity index (χ1) is 9.74. The van der Waals surface area contributed by atoms with Crippen molar-refractivity contribution in [2.24, 2.45) is 5.92 Å². The van der Waals surface area contributed by atoms with Gasteiger partial charge in [0.2, 0.25) is 0 Å². The van der Waals surface area contributed by atoms with Crippen LogP contribution < -0.4 is 4.90 Å². The van der Waals surface area contributed by atoms with Gasteiger partial charge in [-0.2, -0.15) is 0 Å². The van der Waals surface area contributed by atoms with Gasteiger partial charge in [0.25, 0.3) is 0 Å². The van der Waals surface area contributed by atoms with Crippen molar-refractivity contribution in [1.29, 1.82) is 0 Å². The summed E-state index contributed by atoms with van der Waals surface area (Å²) in [5.41, 5.74) is 0.699. The van der Waals surface area contributed by atoms with E-state index >= 15 is 0 Å². The van der Waals surface area contributed by atoms with Crippen LogP contribution in [0.25, 0.3) is 5.65 Å². The van der Waals surface area contributed by atoms with E-state index in [9.17, 15) is 0 Å². The topological polar surface area (TPSA) is 59.2 Å². The van der Waals surface area contributed by atoms with Crippen LogP contribution in [0.1, 0.15) is 46.0 Å². The smallest absolute Gasteiger partial charge is 0.200 e. The quantitative estimate of drug-likeness (QED) is 0.856. The van der Waals surface area contributed by atoms with Crippen LogP contribution in [0, 0.1) is 5.92 Å².